The molecule has 0 saturated heterocycles. The van der Waals surface area contributed by atoms with Crippen LogP contribution in [0, 0.1) is 0 Å². The van der Waals surface area contributed by atoms with Gasteiger partial charge in [0.2, 0.25) is 0 Å². The van der Waals surface area contributed by atoms with E-state index in [2.05, 4.69) is 6.58 Å². The normalized spacial score (nSPS) is 23.2. The van der Waals surface area contributed by atoms with Crippen molar-refractivity contribution in [3.8, 4) is 0 Å². The molecule has 2 saturated carbocycles. The molecule has 0 spiro atoms. The SMILES string of the molecule is C=COP(=O)(OC1CCCCC1)OC1CCCCC1. The van der Waals surface area contributed by atoms with Gasteiger partial charge in [0.15, 0.2) is 0 Å². The summed E-state index contributed by atoms with van der Waals surface area (Å²) in [7, 11) is -3.47. The molecule has 2 aliphatic rings. The predicted molar refractivity (Wildman–Crippen MR) is 74.8 cm³/mol. The fourth-order valence-electron chi connectivity index (χ4n) is 2.87. The first-order valence-corrected chi connectivity index (χ1v) is 8.94. The number of phosphoric ester groups is 1. The predicted octanol–water partition coefficient (Wildman–Crippen LogP) is 4.95. The molecule has 19 heavy (non-hydrogen) atoms. The molecule has 0 amide bonds. The Kier molecular flexibility index (Phi) is 5.93. The van der Waals surface area contributed by atoms with Crippen LogP contribution >= 0.6 is 7.82 Å². The minimum absolute atomic E-state index is 0.00289. The fourth-order valence-corrected chi connectivity index (χ4v) is 4.36. The van der Waals surface area contributed by atoms with Crippen molar-refractivity contribution >= 4 is 7.82 Å². The van der Waals surface area contributed by atoms with E-state index in [1.54, 1.807) is 0 Å². The van der Waals surface area contributed by atoms with Crippen LogP contribution in [0.3, 0.4) is 0 Å². The van der Waals surface area contributed by atoms with E-state index in [0.29, 0.717) is 0 Å². The quantitative estimate of drug-likeness (QED) is 0.512. The van der Waals surface area contributed by atoms with Crippen LogP contribution in [0.25, 0.3) is 0 Å². The minimum Gasteiger partial charge on any atom is -0.413 e. The average Bonchev–Trinajstić information content (AvgIpc) is 2.41. The largest absolute Gasteiger partial charge is 0.530 e. The van der Waals surface area contributed by atoms with E-state index in [9.17, 15) is 4.57 Å². The van der Waals surface area contributed by atoms with Gasteiger partial charge in [0.1, 0.15) is 0 Å². The third-order valence-corrected chi connectivity index (χ3v) is 5.38. The van der Waals surface area contributed by atoms with Gasteiger partial charge < -0.3 is 4.52 Å². The van der Waals surface area contributed by atoms with Crippen molar-refractivity contribution in [3.05, 3.63) is 12.8 Å². The Morgan fingerprint density at radius 2 is 1.26 bits per heavy atom. The van der Waals surface area contributed by atoms with Gasteiger partial charge in [-0.25, -0.2) is 4.57 Å². The molecule has 2 aliphatic carbocycles. The highest BCUT2D eigenvalue weighted by Gasteiger charge is 2.35. The first-order valence-electron chi connectivity index (χ1n) is 7.48. The molecule has 2 rings (SSSR count). The van der Waals surface area contributed by atoms with Crippen molar-refractivity contribution in [2.75, 3.05) is 0 Å². The standard InChI is InChI=1S/C14H25O4P/c1-2-16-19(15,17-13-9-5-3-6-10-13)18-14-11-7-4-8-12-14/h2,13-14H,1,3-12H2. The lowest BCUT2D eigenvalue weighted by Gasteiger charge is -2.29. The van der Waals surface area contributed by atoms with E-state index in [1.165, 1.54) is 19.1 Å². The van der Waals surface area contributed by atoms with E-state index in [-0.39, 0.29) is 12.2 Å². The minimum atomic E-state index is -3.47. The van der Waals surface area contributed by atoms with Crippen molar-refractivity contribution in [2.45, 2.75) is 76.4 Å². The summed E-state index contributed by atoms with van der Waals surface area (Å²) >= 11 is 0. The maximum absolute atomic E-state index is 12.6. The molecule has 0 N–H and O–H groups in total. The topological polar surface area (TPSA) is 44.8 Å². The molecule has 5 heteroatoms. The zero-order chi connectivity index (χ0) is 13.6. The monoisotopic (exact) mass is 288 g/mol. The number of phosphoric acid groups is 1. The van der Waals surface area contributed by atoms with E-state index in [4.69, 9.17) is 13.6 Å². The molecule has 0 heterocycles. The molecule has 110 valence electrons. The molecule has 0 atom stereocenters. The van der Waals surface area contributed by atoms with Crippen LogP contribution in [0.2, 0.25) is 0 Å². The smallest absolute Gasteiger partial charge is 0.413 e. The van der Waals surface area contributed by atoms with Crippen molar-refractivity contribution in [3.63, 3.8) is 0 Å². The molecule has 0 aliphatic heterocycles. The third kappa shape index (κ3) is 4.94. The second-order valence-electron chi connectivity index (χ2n) is 5.45. The Bertz CT molecular complexity index is 295. The van der Waals surface area contributed by atoms with Gasteiger partial charge >= 0.3 is 7.82 Å². The van der Waals surface area contributed by atoms with E-state index in [1.807, 2.05) is 0 Å². The second kappa shape index (κ2) is 7.47. The highest BCUT2D eigenvalue weighted by atomic mass is 31.2. The van der Waals surface area contributed by atoms with Gasteiger partial charge in [0.25, 0.3) is 0 Å². The van der Waals surface area contributed by atoms with Crippen molar-refractivity contribution < 1.29 is 18.1 Å². The molecule has 0 radical (unpaired) electrons. The summed E-state index contributed by atoms with van der Waals surface area (Å²) in [6.45, 7) is 3.48. The number of hydrogen-bond acceptors (Lipinski definition) is 4. The summed E-state index contributed by atoms with van der Waals surface area (Å²) in [5.74, 6) is 0. The number of rotatable bonds is 6. The van der Waals surface area contributed by atoms with Crippen LogP contribution in [0.15, 0.2) is 12.8 Å². The van der Waals surface area contributed by atoms with Gasteiger partial charge in [-0.05, 0) is 25.7 Å². The van der Waals surface area contributed by atoms with Gasteiger partial charge in [0, 0.05) is 0 Å². The summed E-state index contributed by atoms with van der Waals surface area (Å²) in [5.41, 5.74) is 0. The van der Waals surface area contributed by atoms with Crippen molar-refractivity contribution in [2.24, 2.45) is 0 Å². The second-order valence-corrected chi connectivity index (χ2v) is 6.98. The summed E-state index contributed by atoms with van der Waals surface area (Å²) in [6.07, 6.45) is 11.9. The van der Waals surface area contributed by atoms with E-state index in [0.717, 1.165) is 51.4 Å². The fraction of sp³-hybridized carbons (Fsp3) is 0.857. The van der Waals surface area contributed by atoms with Gasteiger partial charge in [0.05, 0.1) is 18.5 Å². The van der Waals surface area contributed by atoms with Gasteiger partial charge in [-0.15, -0.1) is 0 Å². The van der Waals surface area contributed by atoms with E-state index >= 15 is 0 Å². The Labute approximate surface area is 116 Å². The summed E-state index contributed by atoms with van der Waals surface area (Å²) in [5, 5.41) is 0. The van der Waals surface area contributed by atoms with Crippen molar-refractivity contribution in [1.29, 1.82) is 0 Å². The molecular weight excluding hydrogens is 263 g/mol. The van der Waals surface area contributed by atoms with Crippen LogP contribution in [0.1, 0.15) is 64.2 Å². The lowest BCUT2D eigenvalue weighted by Crippen LogP contribution is -2.20. The first kappa shape index (κ1) is 15.1. The molecule has 0 bridgehead atoms. The summed E-state index contributed by atoms with van der Waals surface area (Å²) in [6, 6.07) is 0. The van der Waals surface area contributed by atoms with Crippen LogP contribution in [0.4, 0.5) is 0 Å². The highest BCUT2D eigenvalue weighted by molar-refractivity contribution is 7.48. The third-order valence-electron chi connectivity index (χ3n) is 3.86. The van der Waals surface area contributed by atoms with Gasteiger partial charge in [-0.1, -0.05) is 45.1 Å². The Morgan fingerprint density at radius 1 is 0.842 bits per heavy atom. The van der Waals surface area contributed by atoms with Gasteiger partial charge in [-0.2, -0.15) is 0 Å². The Morgan fingerprint density at radius 3 is 1.63 bits per heavy atom. The van der Waals surface area contributed by atoms with Crippen molar-refractivity contribution in [1.82, 2.24) is 0 Å². The lowest BCUT2D eigenvalue weighted by atomic mass is 9.98. The molecule has 0 aromatic heterocycles. The van der Waals surface area contributed by atoms with E-state index < -0.39 is 7.82 Å². The Hall–Kier alpha value is -0.310. The van der Waals surface area contributed by atoms with Crippen LogP contribution in [-0.4, -0.2) is 12.2 Å². The van der Waals surface area contributed by atoms with Crippen LogP contribution in [-0.2, 0) is 18.1 Å². The molecule has 0 aromatic rings. The van der Waals surface area contributed by atoms with Crippen LogP contribution < -0.4 is 0 Å². The van der Waals surface area contributed by atoms with Crippen LogP contribution in [0.5, 0.6) is 0 Å². The summed E-state index contributed by atoms with van der Waals surface area (Å²) in [4.78, 5) is 0. The molecule has 0 aromatic carbocycles. The number of hydrogen-bond donors (Lipinski definition) is 0. The molecule has 0 unspecified atom stereocenters. The Balaban J connectivity index is 1.90. The lowest BCUT2D eigenvalue weighted by molar-refractivity contribution is 0.0446. The molecule has 2 fully saturated rings. The molecular formula is C14H25O4P. The first-order chi connectivity index (χ1) is 9.22. The van der Waals surface area contributed by atoms with Gasteiger partial charge in [-0.3, -0.25) is 9.05 Å². The highest BCUT2D eigenvalue weighted by Crippen LogP contribution is 2.54. The average molecular weight is 288 g/mol. The maximum Gasteiger partial charge on any atom is 0.530 e. The molecule has 4 nitrogen and oxygen atoms in total. The zero-order valence-corrected chi connectivity index (χ0v) is 12.5. The maximum atomic E-state index is 12.6. The summed E-state index contributed by atoms with van der Waals surface area (Å²) < 4.78 is 29.0. The zero-order valence-electron chi connectivity index (χ0n) is 11.6.